The van der Waals surface area contributed by atoms with Crippen molar-refractivity contribution in [3.05, 3.63) is 10.4 Å². The molecule has 0 amide bonds. The topological polar surface area (TPSA) is 9.23 Å². The van der Waals surface area contributed by atoms with Crippen LogP contribution in [0.5, 0.6) is 0 Å². The molecule has 0 aliphatic carbocycles. The Morgan fingerprint density at radius 1 is 0.857 bits per heavy atom. The van der Waals surface area contributed by atoms with Crippen molar-refractivity contribution in [2.75, 3.05) is 18.1 Å². The van der Waals surface area contributed by atoms with Gasteiger partial charge < -0.3 is 0 Å². The molecule has 0 bridgehead atoms. The Bertz CT molecular complexity index is 386. The third-order valence-corrected chi connectivity index (χ3v) is 24.6. The van der Waals surface area contributed by atoms with Gasteiger partial charge >= 0.3 is 191 Å². The van der Waals surface area contributed by atoms with Gasteiger partial charge in [-0.2, -0.15) is 0 Å². The fraction of sp³-hybridized carbons (Fsp3) is 0.917. The fourth-order valence-electron chi connectivity index (χ4n) is 4.23. The van der Waals surface area contributed by atoms with E-state index >= 15 is 0 Å². The van der Waals surface area contributed by atoms with E-state index in [9.17, 15) is 0 Å². The second kappa shape index (κ2) is 15.8. The van der Waals surface area contributed by atoms with Gasteiger partial charge in [0.1, 0.15) is 0 Å². The van der Waals surface area contributed by atoms with Gasteiger partial charge in [0.05, 0.1) is 0 Å². The summed E-state index contributed by atoms with van der Waals surface area (Å²) >= 11 is 2.00. The summed E-state index contributed by atoms with van der Waals surface area (Å²) in [6.07, 6.45) is 14.7. The molecule has 0 N–H and O–H groups in total. The SMILES string of the molecule is C=[C](OCCCCCC1(C)SCCCS1)[Sn]([CH2]CCC)([CH2]CCC)[CH2]CCC. The van der Waals surface area contributed by atoms with Gasteiger partial charge in [0.25, 0.3) is 0 Å². The molecule has 1 aliphatic rings. The molecule has 1 aliphatic heterocycles. The van der Waals surface area contributed by atoms with Crippen LogP contribution in [-0.4, -0.2) is 40.6 Å². The number of rotatable bonds is 17. The molecule has 0 unspecified atom stereocenters. The molecule has 1 fully saturated rings. The summed E-state index contributed by atoms with van der Waals surface area (Å²) in [4.78, 5) is 0. The summed E-state index contributed by atoms with van der Waals surface area (Å²) in [6.45, 7) is 14.9. The van der Waals surface area contributed by atoms with E-state index in [0.717, 1.165) is 6.61 Å². The van der Waals surface area contributed by atoms with Gasteiger partial charge in [-0.3, -0.25) is 0 Å². The van der Waals surface area contributed by atoms with Gasteiger partial charge in [-0.05, 0) is 0 Å². The Kier molecular flexibility index (Phi) is 15.3. The van der Waals surface area contributed by atoms with Crippen LogP contribution in [0, 0.1) is 0 Å². The second-order valence-electron chi connectivity index (χ2n) is 8.86. The van der Waals surface area contributed by atoms with E-state index in [4.69, 9.17) is 4.74 Å². The predicted molar refractivity (Wildman–Crippen MR) is 136 cm³/mol. The third kappa shape index (κ3) is 10.4. The summed E-state index contributed by atoms with van der Waals surface area (Å²) in [6, 6.07) is 0. The zero-order valence-corrected chi connectivity index (χ0v) is 23.9. The Morgan fingerprint density at radius 2 is 1.39 bits per heavy atom. The van der Waals surface area contributed by atoms with Gasteiger partial charge in [-0.15, -0.1) is 0 Å². The van der Waals surface area contributed by atoms with Gasteiger partial charge in [0.15, 0.2) is 0 Å². The third-order valence-electron chi connectivity index (χ3n) is 6.27. The summed E-state index contributed by atoms with van der Waals surface area (Å²) < 4.78 is 12.6. The molecule has 0 radical (unpaired) electrons. The van der Waals surface area contributed by atoms with Crippen LogP contribution in [0.15, 0.2) is 10.4 Å². The first kappa shape index (κ1) is 27.1. The molecule has 0 atom stereocenters. The Hall–Kier alpha value is 1.04. The molecule has 0 aromatic carbocycles. The van der Waals surface area contributed by atoms with E-state index in [-0.39, 0.29) is 0 Å². The van der Waals surface area contributed by atoms with Crippen molar-refractivity contribution in [1.29, 1.82) is 0 Å². The molecule has 0 aromatic heterocycles. The Morgan fingerprint density at radius 3 is 1.89 bits per heavy atom. The number of ether oxygens (including phenoxy) is 1. The minimum atomic E-state index is -2.37. The van der Waals surface area contributed by atoms with Crippen LogP contribution >= 0.6 is 23.5 Å². The average Bonchev–Trinajstić information content (AvgIpc) is 2.70. The molecule has 1 heterocycles. The molecule has 1 nitrogen and oxygen atoms in total. The van der Waals surface area contributed by atoms with Crippen molar-refractivity contribution in [2.45, 2.75) is 116 Å². The van der Waals surface area contributed by atoms with Gasteiger partial charge in [-0.25, -0.2) is 0 Å². The molecular formula is C24H48OS2Sn. The molecule has 1 rings (SSSR count). The van der Waals surface area contributed by atoms with E-state index in [2.05, 4.69) is 57.8 Å². The van der Waals surface area contributed by atoms with Crippen molar-refractivity contribution in [3.8, 4) is 0 Å². The predicted octanol–water partition coefficient (Wildman–Crippen LogP) is 9.05. The molecule has 4 heteroatoms. The Labute approximate surface area is 189 Å². The molecule has 28 heavy (non-hydrogen) atoms. The molecule has 0 saturated carbocycles. The molecule has 166 valence electrons. The van der Waals surface area contributed by atoms with E-state index < -0.39 is 18.4 Å². The first-order valence-electron chi connectivity index (χ1n) is 12.1. The molecule has 1 saturated heterocycles. The first-order chi connectivity index (χ1) is 13.5. The van der Waals surface area contributed by atoms with Crippen molar-refractivity contribution in [1.82, 2.24) is 0 Å². The molecular weight excluding hydrogens is 487 g/mol. The average molecular weight is 535 g/mol. The maximum atomic E-state index is 6.40. The van der Waals surface area contributed by atoms with Crippen LogP contribution in [0.1, 0.15) is 98.3 Å². The standard InChI is InChI=1S/C12H21OS2.3C4H9.Sn/c1-3-13-9-6-4-5-8-12(2)14-10-7-11-15-12;3*1-3-4-2;/h1,4-11H2,2H3;3*1,3-4H2,2H3;. The second-order valence-corrected chi connectivity index (χ2v) is 25.5. The summed E-state index contributed by atoms with van der Waals surface area (Å²) in [5, 5.41) is 0. The van der Waals surface area contributed by atoms with Crippen molar-refractivity contribution < 1.29 is 4.74 Å². The zero-order valence-electron chi connectivity index (χ0n) is 19.5. The summed E-state index contributed by atoms with van der Waals surface area (Å²) in [7, 11) is 0. The minimum absolute atomic E-state index is 0.481. The number of hydrogen-bond donors (Lipinski definition) is 0. The zero-order chi connectivity index (χ0) is 20.7. The van der Waals surface area contributed by atoms with Crippen LogP contribution in [-0.2, 0) is 4.74 Å². The molecule has 0 aromatic rings. The normalized spacial score (nSPS) is 16.9. The van der Waals surface area contributed by atoms with E-state index in [1.54, 1.807) is 0 Å². The molecule has 0 spiro atoms. The monoisotopic (exact) mass is 536 g/mol. The van der Waals surface area contributed by atoms with Crippen molar-refractivity contribution in [3.63, 3.8) is 0 Å². The van der Waals surface area contributed by atoms with Crippen LogP contribution < -0.4 is 0 Å². The van der Waals surface area contributed by atoms with Crippen molar-refractivity contribution in [2.24, 2.45) is 0 Å². The quantitative estimate of drug-likeness (QED) is 0.104. The summed E-state index contributed by atoms with van der Waals surface area (Å²) in [5.74, 6) is 2.71. The fourth-order valence-corrected chi connectivity index (χ4v) is 21.8. The summed E-state index contributed by atoms with van der Waals surface area (Å²) in [5.41, 5.74) is 0. The van der Waals surface area contributed by atoms with Gasteiger partial charge in [-0.1, -0.05) is 0 Å². The van der Waals surface area contributed by atoms with Crippen LogP contribution in [0.25, 0.3) is 0 Å². The maximum absolute atomic E-state index is 6.40. The van der Waals surface area contributed by atoms with Crippen LogP contribution in [0.2, 0.25) is 13.3 Å². The number of unbranched alkanes of at least 4 members (excludes halogenated alkanes) is 5. The van der Waals surface area contributed by atoms with Crippen LogP contribution in [0.4, 0.5) is 0 Å². The van der Waals surface area contributed by atoms with Crippen LogP contribution in [0.3, 0.4) is 0 Å². The van der Waals surface area contributed by atoms with E-state index in [1.807, 2.05) is 0 Å². The number of hydrogen-bond acceptors (Lipinski definition) is 3. The van der Waals surface area contributed by atoms with Gasteiger partial charge in [0, 0.05) is 0 Å². The van der Waals surface area contributed by atoms with E-state index in [1.165, 1.54) is 99.2 Å². The van der Waals surface area contributed by atoms with Crippen molar-refractivity contribution >= 4 is 41.9 Å². The number of thioether (sulfide) groups is 2. The Balaban J connectivity index is 2.40. The first-order valence-corrected chi connectivity index (χ1v) is 21.6. The van der Waals surface area contributed by atoms with Gasteiger partial charge in [0.2, 0.25) is 0 Å². The van der Waals surface area contributed by atoms with E-state index in [0.29, 0.717) is 4.08 Å².